The monoisotopic (exact) mass is 743 g/mol. The van der Waals surface area contributed by atoms with Crippen molar-refractivity contribution in [1.29, 1.82) is 0 Å². The van der Waals surface area contributed by atoms with E-state index in [1.807, 2.05) is 66.7 Å². The minimum atomic E-state index is -2.10. The van der Waals surface area contributed by atoms with Gasteiger partial charge in [-0.1, -0.05) is 114 Å². The Kier molecular flexibility index (Phi) is 11.8. The number of nitrogens with zero attached hydrogens (tertiary/aromatic N) is 1. The molecule has 1 aromatic heterocycles. The first-order valence-electron chi connectivity index (χ1n) is 15.6. The van der Waals surface area contributed by atoms with Crippen molar-refractivity contribution in [3.63, 3.8) is 0 Å². The molecule has 0 saturated carbocycles. The summed E-state index contributed by atoms with van der Waals surface area (Å²) in [6.07, 6.45) is -0.438. The second-order valence-corrected chi connectivity index (χ2v) is 13.9. The fraction of sp³-hybridized carbons (Fsp3) is 0.306. The van der Waals surface area contributed by atoms with Crippen LogP contribution in [0.25, 0.3) is 6.08 Å². The highest BCUT2D eigenvalue weighted by Crippen LogP contribution is 2.51. The summed E-state index contributed by atoms with van der Waals surface area (Å²) in [5, 5.41) is 26.7. The zero-order valence-electron chi connectivity index (χ0n) is 27.1. The number of para-hydroxylation sites is 2. The molecule has 4 N–H and O–H groups in total. The summed E-state index contributed by atoms with van der Waals surface area (Å²) < 4.78 is 17.1. The molecule has 0 bridgehead atoms. The Bertz CT molecular complexity index is 1900. The molecule has 1 amide bonds. The second kappa shape index (κ2) is 15.8. The van der Waals surface area contributed by atoms with Crippen LogP contribution in [0, 0.1) is 0 Å². The number of nitrogens with one attached hydrogen (secondary N) is 2. The first kappa shape index (κ1) is 37.2. The van der Waals surface area contributed by atoms with Gasteiger partial charge in [-0.3, -0.25) is 19.1 Å². The van der Waals surface area contributed by atoms with E-state index in [-0.39, 0.29) is 24.9 Å². The van der Waals surface area contributed by atoms with Gasteiger partial charge < -0.3 is 29.7 Å². The fourth-order valence-corrected chi connectivity index (χ4v) is 6.58. The molecular weight excluding hydrogens is 709 g/mol. The number of H-pyrrole nitrogens is 1. The van der Waals surface area contributed by atoms with Crippen LogP contribution in [0.1, 0.15) is 41.3 Å². The van der Waals surface area contributed by atoms with E-state index in [2.05, 4.69) is 10.3 Å². The molecular formula is C36H36Cl3N3O8. The van der Waals surface area contributed by atoms with E-state index in [0.29, 0.717) is 28.2 Å². The molecule has 1 aliphatic rings. The Morgan fingerprint density at radius 1 is 1.00 bits per heavy atom. The van der Waals surface area contributed by atoms with Crippen molar-refractivity contribution < 1.29 is 29.2 Å². The Morgan fingerprint density at radius 3 is 2.16 bits per heavy atom. The van der Waals surface area contributed by atoms with Gasteiger partial charge in [-0.15, -0.1) is 0 Å². The van der Waals surface area contributed by atoms with Crippen LogP contribution in [0.15, 0.2) is 101 Å². The van der Waals surface area contributed by atoms with Crippen LogP contribution in [0.2, 0.25) is 0 Å². The lowest BCUT2D eigenvalue weighted by atomic mass is 9.63. The highest BCUT2D eigenvalue weighted by atomic mass is 35.6. The van der Waals surface area contributed by atoms with Gasteiger partial charge in [-0.25, -0.2) is 4.79 Å². The molecule has 0 spiro atoms. The average molecular weight is 745 g/mol. The number of rotatable bonds is 12. The molecule has 4 aromatic rings. The number of halogens is 3. The zero-order valence-corrected chi connectivity index (χ0v) is 29.4. The van der Waals surface area contributed by atoms with Crippen molar-refractivity contribution in [1.82, 2.24) is 14.9 Å². The SMILES string of the molecule is COc1ccccc1C(c1ccccc1)(c1ccccc1OC)C(O)[C@H]1O[C@@H](n2cc(/C=C/CCNC(=O)C(Cl)(Cl)Cl)c(=O)[nH]c2=O)C[C@@H]1O. The van der Waals surface area contributed by atoms with Crippen molar-refractivity contribution >= 4 is 46.8 Å². The maximum Gasteiger partial charge on any atom is 0.330 e. The molecule has 1 unspecified atom stereocenters. The van der Waals surface area contributed by atoms with Crippen LogP contribution in [0.3, 0.4) is 0 Å². The highest BCUT2D eigenvalue weighted by Gasteiger charge is 2.54. The van der Waals surface area contributed by atoms with Gasteiger partial charge in [-0.05, 0) is 24.1 Å². The van der Waals surface area contributed by atoms with Crippen LogP contribution in [-0.2, 0) is 14.9 Å². The number of hydrogen-bond acceptors (Lipinski definition) is 8. The van der Waals surface area contributed by atoms with Gasteiger partial charge in [0.25, 0.3) is 15.3 Å². The van der Waals surface area contributed by atoms with Gasteiger partial charge in [0, 0.05) is 30.3 Å². The van der Waals surface area contributed by atoms with E-state index in [4.69, 9.17) is 49.0 Å². The third-order valence-corrected chi connectivity index (χ3v) is 9.16. The average Bonchev–Trinajstić information content (AvgIpc) is 3.50. The molecule has 1 fully saturated rings. The molecule has 14 heteroatoms. The Hall–Kier alpha value is -4.10. The van der Waals surface area contributed by atoms with Gasteiger partial charge >= 0.3 is 5.69 Å². The topological polar surface area (TPSA) is 152 Å². The number of aromatic nitrogens is 2. The lowest BCUT2D eigenvalue weighted by molar-refractivity contribution is -0.120. The molecule has 1 saturated heterocycles. The van der Waals surface area contributed by atoms with Crippen molar-refractivity contribution in [3.8, 4) is 11.5 Å². The van der Waals surface area contributed by atoms with Crippen LogP contribution in [0.5, 0.6) is 11.5 Å². The van der Waals surface area contributed by atoms with E-state index >= 15 is 0 Å². The number of alkyl halides is 3. The second-order valence-electron chi connectivity index (χ2n) is 11.6. The van der Waals surface area contributed by atoms with E-state index in [0.717, 1.165) is 4.57 Å². The fourth-order valence-electron chi connectivity index (χ4n) is 6.38. The van der Waals surface area contributed by atoms with E-state index < -0.39 is 50.9 Å². The molecule has 4 atom stereocenters. The summed E-state index contributed by atoms with van der Waals surface area (Å²) in [4.78, 5) is 39.8. The Morgan fingerprint density at radius 2 is 1.58 bits per heavy atom. The summed E-state index contributed by atoms with van der Waals surface area (Å²) >= 11 is 16.7. The lowest BCUT2D eigenvalue weighted by Gasteiger charge is -2.43. The number of ether oxygens (including phenoxy) is 3. The summed E-state index contributed by atoms with van der Waals surface area (Å²) in [7, 11) is 3.07. The number of aliphatic hydroxyl groups is 2. The molecule has 11 nitrogen and oxygen atoms in total. The van der Waals surface area contributed by atoms with Gasteiger partial charge in [0.05, 0.1) is 31.3 Å². The normalized spacial score (nSPS) is 18.6. The summed E-state index contributed by atoms with van der Waals surface area (Å²) in [5.41, 5.74) is -0.889. The highest BCUT2D eigenvalue weighted by molar-refractivity contribution is 6.76. The zero-order chi connectivity index (χ0) is 36.1. The van der Waals surface area contributed by atoms with Gasteiger partial charge in [0.15, 0.2) is 0 Å². The Labute approximate surface area is 303 Å². The van der Waals surface area contributed by atoms with Crippen molar-refractivity contribution in [2.75, 3.05) is 20.8 Å². The smallest absolute Gasteiger partial charge is 0.330 e. The van der Waals surface area contributed by atoms with Crippen LogP contribution in [-0.4, -0.2) is 68.5 Å². The molecule has 264 valence electrons. The third-order valence-electron chi connectivity index (χ3n) is 8.64. The predicted molar refractivity (Wildman–Crippen MR) is 191 cm³/mol. The van der Waals surface area contributed by atoms with Crippen LogP contribution >= 0.6 is 34.8 Å². The van der Waals surface area contributed by atoms with Gasteiger partial charge in [0.2, 0.25) is 0 Å². The molecule has 50 heavy (non-hydrogen) atoms. The van der Waals surface area contributed by atoms with Crippen LogP contribution in [0.4, 0.5) is 0 Å². The van der Waals surface area contributed by atoms with E-state index in [9.17, 15) is 24.6 Å². The number of benzene rings is 3. The molecule has 2 heterocycles. The quantitative estimate of drug-likeness (QED) is 0.0942. The number of hydrogen-bond donors (Lipinski definition) is 4. The maximum absolute atomic E-state index is 13.1. The number of aromatic amines is 1. The largest absolute Gasteiger partial charge is 0.496 e. The minimum absolute atomic E-state index is 0.0807. The predicted octanol–water partition coefficient (Wildman–Crippen LogP) is 4.49. The number of aliphatic hydroxyl groups excluding tert-OH is 2. The first-order valence-corrected chi connectivity index (χ1v) is 16.8. The van der Waals surface area contributed by atoms with Crippen LogP contribution < -0.4 is 26.0 Å². The number of amides is 1. The third kappa shape index (κ3) is 7.48. The van der Waals surface area contributed by atoms with Crippen molar-refractivity contribution in [2.45, 2.75) is 46.6 Å². The lowest BCUT2D eigenvalue weighted by Crippen LogP contribution is -2.51. The Balaban J connectivity index is 1.54. The van der Waals surface area contributed by atoms with E-state index in [1.54, 1.807) is 18.2 Å². The molecule has 1 aliphatic heterocycles. The van der Waals surface area contributed by atoms with E-state index in [1.165, 1.54) is 26.5 Å². The summed E-state index contributed by atoms with van der Waals surface area (Å²) in [5.74, 6) is 0.166. The number of methoxy groups -OCH3 is 2. The first-order chi connectivity index (χ1) is 23.9. The summed E-state index contributed by atoms with van der Waals surface area (Å²) in [6, 6.07) is 23.8. The molecule has 5 rings (SSSR count). The van der Waals surface area contributed by atoms with Gasteiger partial charge in [-0.2, -0.15) is 0 Å². The molecule has 0 radical (unpaired) electrons. The maximum atomic E-state index is 13.1. The van der Waals surface area contributed by atoms with Gasteiger partial charge in [0.1, 0.15) is 29.9 Å². The minimum Gasteiger partial charge on any atom is -0.496 e. The summed E-state index contributed by atoms with van der Waals surface area (Å²) in [6.45, 7) is 0.125. The standard InChI is InChI=1S/C36H36Cl3N3O8/c1-48-27-17-8-6-15-24(27)35(23-13-4-3-5-14-23,25-16-7-9-18-28(25)49-2)31(44)30-26(43)20-29(50-30)42-21-22(32(45)41-34(42)47)12-10-11-19-40-33(46)36(37,38)39/h3-10,12-18,21,26,29-31,43-44H,11,19-20H2,1-2H3,(H,40,46)(H,41,45,47)/b12-10+/t26-,29+,30-,31?/m0/s1. The molecule has 3 aromatic carbocycles. The molecule has 0 aliphatic carbocycles. The number of carbonyl (C=O) groups is 1. The number of carbonyl (C=O) groups excluding carboxylic acids is 1. The van der Waals surface area contributed by atoms with Crippen molar-refractivity contribution in [2.24, 2.45) is 0 Å². The van der Waals surface area contributed by atoms with Crippen molar-refractivity contribution in [3.05, 3.63) is 134 Å².